The number of hydrogen-bond donors (Lipinski definition) is 2. The average Bonchev–Trinajstić information content (AvgIpc) is 2.48. The van der Waals surface area contributed by atoms with Gasteiger partial charge in [0.1, 0.15) is 0 Å². The van der Waals surface area contributed by atoms with Crippen molar-refractivity contribution in [3.8, 4) is 0 Å². The van der Waals surface area contributed by atoms with E-state index in [0.29, 0.717) is 0 Å². The number of carboxylic acids is 1. The Kier molecular flexibility index (Phi) is 3.40. The van der Waals surface area contributed by atoms with Crippen LogP contribution in [-0.2, 0) is 11.2 Å². The number of benzene rings is 1. The smallest absolute Gasteiger partial charge is 0.307 e. The van der Waals surface area contributed by atoms with Crippen molar-refractivity contribution in [3.63, 3.8) is 0 Å². The van der Waals surface area contributed by atoms with Crippen LogP contribution >= 0.6 is 0 Å². The number of rotatable bonds is 2. The van der Waals surface area contributed by atoms with Crippen molar-refractivity contribution < 1.29 is 9.90 Å². The van der Waals surface area contributed by atoms with Gasteiger partial charge in [0.15, 0.2) is 0 Å². The Balaban J connectivity index is 0.000000980. The van der Waals surface area contributed by atoms with Crippen LogP contribution < -0.4 is 0 Å². The zero-order valence-corrected chi connectivity index (χ0v) is 7.95. The molecule has 1 aromatic carbocycles. The summed E-state index contributed by atoms with van der Waals surface area (Å²) in [7, 11) is 0. The van der Waals surface area contributed by atoms with Crippen molar-refractivity contribution in [2.45, 2.75) is 6.42 Å². The van der Waals surface area contributed by atoms with E-state index >= 15 is 0 Å². The number of hydrogen-bond acceptors (Lipinski definition) is 1. The molecule has 0 aliphatic heterocycles. The van der Waals surface area contributed by atoms with Gasteiger partial charge in [-0.1, -0.05) is 18.2 Å². The second-order valence-corrected chi connectivity index (χ2v) is 2.93. The molecule has 0 saturated heterocycles. The van der Waals surface area contributed by atoms with Gasteiger partial charge >= 0.3 is 5.97 Å². The molecule has 1 aromatic heterocycles. The predicted molar refractivity (Wildman–Crippen MR) is 55.4 cm³/mol. The van der Waals surface area contributed by atoms with Crippen LogP contribution in [-0.4, -0.2) is 34.9 Å². The van der Waals surface area contributed by atoms with E-state index in [-0.39, 0.29) is 25.3 Å². The zero-order chi connectivity index (χ0) is 9.26. The van der Waals surface area contributed by atoms with E-state index < -0.39 is 5.97 Å². The number of carbonyl (C=O) groups is 1. The fourth-order valence-corrected chi connectivity index (χ4v) is 1.44. The van der Waals surface area contributed by atoms with Gasteiger partial charge in [0, 0.05) is 36.0 Å². The van der Waals surface area contributed by atoms with Gasteiger partial charge in [-0.3, -0.25) is 4.79 Å². The number of fused-ring (bicyclic) bond motifs is 1. The van der Waals surface area contributed by atoms with Crippen LogP contribution in [0.15, 0.2) is 30.5 Å². The van der Waals surface area contributed by atoms with Crippen molar-refractivity contribution >= 4 is 35.7 Å². The fraction of sp³-hybridized carbons (Fsp3) is 0.100. The maximum absolute atomic E-state index is 10.5. The van der Waals surface area contributed by atoms with Crippen LogP contribution in [0.25, 0.3) is 10.9 Å². The first-order valence-corrected chi connectivity index (χ1v) is 4.04. The Bertz CT molecular complexity index is 450. The van der Waals surface area contributed by atoms with Crippen molar-refractivity contribution in [2.24, 2.45) is 0 Å². The molecule has 3 nitrogen and oxygen atoms in total. The first-order chi connectivity index (χ1) is 6.27. The van der Waals surface area contributed by atoms with Crippen LogP contribution in [0.3, 0.4) is 0 Å². The summed E-state index contributed by atoms with van der Waals surface area (Å²) in [4.78, 5) is 13.5. The minimum Gasteiger partial charge on any atom is -0.481 e. The normalized spacial score (nSPS) is 9.71. The van der Waals surface area contributed by atoms with Gasteiger partial charge in [0.2, 0.25) is 0 Å². The Morgan fingerprint density at radius 1 is 1.36 bits per heavy atom. The topological polar surface area (TPSA) is 53.1 Å². The van der Waals surface area contributed by atoms with Gasteiger partial charge in [-0.15, -0.1) is 0 Å². The Labute approximate surface area is 93.3 Å². The Morgan fingerprint density at radius 3 is 2.79 bits per heavy atom. The molecule has 0 aliphatic rings. The second-order valence-electron chi connectivity index (χ2n) is 2.93. The number of aromatic nitrogens is 1. The zero-order valence-electron chi connectivity index (χ0n) is 7.95. The van der Waals surface area contributed by atoms with Gasteiger partial charge in [-0.05, 0) is 11.6 Å². The molecule has 1 heterocycles. The third-order valence-electron chi connectivity index (χ3n) is 2.02. The third kappa shape index (κ3) is 2.01. The second kappa shape index (κ2) is 4.36. The summed E-state index contributed by atoms with van der Waals surface area (Å²) in [6, 6.07) is 7.68. The molecule has 14 heavy (non-hydrogen) atoms. The summed E-state index contributed by atoms with van der Waals surface area (Å²) in [5.74, 6) is -0.801. The van der Waals surface area contributed by atoms with E-state index in [1.165, 1.54) is 0 Å². The minimum absolute atomic E-state index is 0. The molecule has 0 unspecified atom stereocenters. The summed E-state index contributed by atoms with van der Waals surface area (Å²) < 4.78 is 0. The SMILES string of the molecule is O=C(O)Cc1c[nH]c2ccccc12.[Li]. The van der Waals surface area contributed by atoms with E-state index in [1.807, 2.05) is 24.3 Å². The average molecular weight is 182 g/mol. The van der Waals surface area contributed by atoms with Crippen LogP contribution in [0.1, 0.15) is 5.56 Å². The molecule has 4 heteroatoms. The first kappa shape index (κ1) is 10.9. The molecular weight excluding hydrogens is 173 g/mol. The summed E-state index contributed by atoms with van der Waals surface area (Å²) in [6.45, 7) is 0. The molecule has 67 valence electrons. The van der Waals surface area contributed by atoms with E-state index in [2.05, 4.69) is 4.98 Å². The van der Waals surface area contributed by atoms with Crippen LogP contribution in [0.4, 0.5) is 0 Å². The predicted octanol–water partition coefficient (Wildman–Crippen LogP) is 1.41. The largest absolute Gasteiger partial charge is 0.481 e. The molecule has 2 rings (SSSR count). The number of aliphatic carboxylic acids is 1. The standard InChI is InChI=1S/C10H9NO2.Li/c12-10(13)5-7-6-11-9-4-2-1-3-8(7)9;/h1-4,6,11H,5H2,(H,12,13);. The molecule has 0 amide bonds. The molecule has 0 bridgehead atoms. The number of aromatic amines is 1. The number of nitrogens with one attached hydrogen (secondary N) is 1. The summed E-state index contributed by atoms with van der Waals surface area (Å²) in [5.41, 5.74) is 1.82. The molecular formula is C10H9LiNO2. The Morgan fingerprint density at radius 2 is 2.07 bits per heavy atom. The third-order valence-corrected chi connectivity index (χ3v) is 2.02. The molecule has 2 aromatic rings. The van der Waals surface area contributed by atoms with Crippen molar-refractivity contribution in [3.05, 3.63) is 36.0 Å². The maximum atomic E-state index is 10.5. The van der Waals surface area contributed by atoms with Gasteiger partial charge in [-0.25, -0.2) is 0 Å². The van der Waals surface area contributed by atoms with Gasteiger partial charge in [-0.2, -0.15) is 0 Å². The van der Waals surface area contributed by atoms with Crippen molar-refractivity contribution in [2.75, 3.05) is 0 Å². The molecule has 1 radical (unpaired) electrons. The quantitative estimate of drug-likeness (QED) is 0.690. The van der Waals surface area contributed by atoms with E-state index in [4.69, 9.17) is 5.11 Å². The molecule has 2 N–H and O–H groups in total. The van der Waals surface area contributed by atoms with Gasteiger partial charge < -0.3 is 10.1 Å². The van der Waals surface area contributed by atoms with Crippen LogP contribution in [0.5, 0.6) is 0 Å². The summed E-state index contributed by atoms with van der Waals surface area (Å²) in [6.07, 6.45) is 1.82. The number of carboxylic acid groups (broad SMARTS) is 1. The van der Waals surface area contributed by atoms with Crippen molar-refractivity contribution in [1.82, 2.24) is 4.98 Å². The summed E-state index contributed by atoms with van der Waals surface area (Å²) >= 11 is 0. The van der Waals surface area contributed by atoms with E-state index in [9.17, 15) is 4.79 Å². The summed E-state index contributed by atoms with van der Waals surface area (Å²) in [5, 5.41) is 9.62. The van der Waals surface area contributed by atoms with Gasteiger partial charge in [0.25, 0.3) is 0 Å². The van der Waals surface area contributed by atoms with Crippen molar-refractivity contribution in [1.29, 1.82) is 0 Å². The van der Waals surface area contributed by atoms with E-state index in [1.54, 1.807) is 6.20 Å². The molecule has 0 atom stereocenters. The molecule has 0 saturated carbocycles. The molecule has 0 fully saturated rings. The minimum atomic E-state index is -0.801. The first-order valence-electron chi connectivity index (χ1n) is 4.04. The van der Waals surface area contributed by atoms with Crippen LogP contribution in [0.2, 0.25) is 0 Å². The monoisotopic (exact) mass is 182 g/mol. The fourth-order valence-electron chi connectivity index (χ4n) is 1.44. The number of para-hydroxylation sites is 1. The molecule has 0 spiro atoms. The van der Waals surface area contributed by atoms with Gasteiger partial charge in [0.05, 0.1) is 6.42 Å². The maximum Gasteiger partial charge on any atom is 0.307 e. The number of H-pyrrole nitrogens is 1. The van der Waals surface area contributed by atoms with E-state index in [0.717, 1.165) is 16.5 Å². The molecule has 0 aliphatic carbocycles. The Hall–Kier alpha value is -1.17. The van der Waals surface area contributed by atoms with Crippen LogP contribution in [0, 0.1) is 0 Å².